The minimum atomic E-state index is -4.24. The lowest BCUT2D eigenvalue weighted by atomic mass is 10.1. The second-order valence-corrected chi connectivity index (χ2v) is 4.41. The Bertz CT molecular complexity index is 185. The minimum Gasteiger partial charge on any atom is -0.369 e. The first-order valence-electron chi connectivity index (χ1n) is 6.29. The summed E-state index contributed by atoms with van der Waals surface area (Å²) in [6.07, 6.45) is -2.25. The normalized spacial score (nSPS) is 15.9. The zero-order chi connectivity index (χ0) is 13.3. The van der Waals surface area contributed by atoms with Gasteiger partial charge in [0.25, 0.3) is 0 Å². The SMILES string of the molecule is CCCNC(C)CCCCOC(C)C(F)(F)F. The zero-order valence-electron chi connectivity index (χ0n) is 10.9. The van der Waals surface area contributed by atoms with Crippen molar-refractivity contribution in [2.75, 3.05) is 13.2 Å². The summed E-state index contributed by atoms with van der Waals surface area (Å²) in [5.41, 5.74) is 0. The van der Waals surface area contributed by atoms with E-state index in [1.807, 2.05) is 0 Å². The fourth-order valence-electron chi connectivity index (χ4n) is 1.40. The first-order valence-corrected chi connectivity index (χ1v) is 6.29. The van der Waals surface area contributed by atoms with Crippen LogP contribution in [-0.4, -0.2) is 31.5 Å². The van der Waals surface area contributed by atoms with Crippen molar-refractivity contribution >= 4 is 0 Å². The van der Waals surface area contributed by atoms with Crippen LogP contribution in [0, 0.1) is 0 Å². The molecule has 0 amide bonds. The highest BCUT2D eigenvalue weighted by molar-refractivity contribution is 4.62. The predicted octanol–water partition coefficient (Wildman–Crippen LogP) is 3.51. The molecule has 0 saturated heterocycles. The van der Waals surface area contributed by atoms with E-state index in [9.17, 15) is 13.2 Å². The van der Waals surface area contributed by atoms with E-state index in [4.69, 9.17) is 4.74 Å². The van der Waals surface area contributed by atoms with Crippen LogP contribution in [0.2, 0.25) is 0 Å². The van der Waals surface area contributed by atoms with Gasteiger partial charge in [0.05, 0.1) is 0 Å². The number of hydrogen-bond acceptors (Lipinski definition) is 2. The molecule has 0 aliphatic carbocycles. The summed E-state index contributed by atoms with van der Waals surface area (Å²) < 4.78 is 41.0. The summed E-state index contributed by atoms with van der Waals surface area (Å²) in [5, 5.41) is 3.34. The van der Waals surface area contributed by atoms with E-state index in [2.05, 4.69) is 19.2 Å². The zero-order valence-corrected chi connectivity index (χ0v) is 10.9. The summed E-state index contributed by atoms with van der Waals surface area (Å²) in [6, 6.07) is 0.426. The van der Waals surface area contributed by atoms with Gasteiger partial charge in [0.1, 0.15) is 0 Å². The van der Waals surface area contributed by atoms with Crippen molar-refractivity contribution < 1.29 is 17.9 Å². The first kappa shape index (κ1) is 16.7. The molecule has 2 atom stereocenters. The maximum absolute atomic E-state index is 12.1. The third kappa shape index (κ3) is 9.41. The molecule has 0 aromatic rings. The Morgan fingerprint density at radius 3 is 2.35 bits per heavy atom. The number of halogens is 3. The molecule has 0 radical (unpaired) electrons. The van der Waals surface area contributed by atoms with Gasteiger partial charge in [-0.15, -0.1) is 0 Å². The molecule has 0 saturated carbocycles. The minimum absolute atomic E-state index is 0.182. The van der Waals surface area contributed by atoms with Crippen LogP contribution in [0.3, 0.4) is 0 Å². The molecule has 17 heavy (non-hydrogen) atoms. The lowest BCUT2D eigenvalue weighted by Crippen LogP contribution is -2.29. The van der Waals surface area contributed by atoms with Gasteiger partial charge in [-0.2, -0.15) is 13.2 Å². The van der Waals surface area contributed by atoms with E-state index < -0.39 is 12.3 Å². The van der Waals surface area contributed by atoms with E-state index in [0.29, 0.717) is 12.5 Å². The van der Waals surface area contributed by atoms with E-state index in [1.54, 1.807) is 0 Å². The molecule has 0 aliphatic rings. The van der Waals surface area contributed by atoms with Crippen LogP contribution in [-0.2, 0) is 4.74 Å². The van der Waals surface area contributed by atoms with Crippen molar-refractivity contribution in [3.05, 3.63) is 0 Å². The Balaban J connectivity index is 3.40. The number of ether oxygens (including phenoxy) is 1. The number of nitrogens with one attached hydrogen (secondary N) is 1. The molecule has 0 bridgehead atoms. The maximum Gasteiger partial charge on any atom is 0.414 e. The number of rotatable bonds is 9. The Labute approximate surface area is 102 Å². The van der Waals surface area contributed by atoms with E-state index in [1.165, 1.54) is 0 Å². The fraction of sp³-hybridized carbons (Fsp3) is 1.00. The van der Waals surface area contributed by atoms with Crippen molar-refractivity contribution in [3.8, 4) is 0 Å². The van der Waals surface area contributed by atoms with Gasteiger partial charge in [-0.25, -0.2) is 0 Å². The summed E-state index contributed by atoms with van der Waals surface area (Å²) in [7, 11) is 0. The van der Waals surface area contributed by atoms with Gasteiger partial charge in [-0.05, 0) is 46.1 Å². The summed E-state index contributed by atoms with van der Waals surface area (Å²) in [6.45, 7) is 6.41. The molecule has 0 heterocycles. The topological polar surface area (TPSA) is 21.3 Å². The third-order valence-corrected chi connectivity index (χ3v) is 2.60. The number of hydrogen-bond donors (Lipinski definition) is 1. The van der Waals surface area contributed by atoms with Gasteiger partial charge in [0.15, 0.2) is 6.10 Å². The van der Waals surface area contributed by atoms with Gasteiger partial charge in [-0.3, -0.25) is 0 Å². The lowest BCUT2D eigenvalue weighted by molar-refractivity contribution is -0.214. The summed E-state index contributed by atoms with van der Waals surface area (Å²) in [4.78, 5) is 0. The highest BCUT2D eigenvalue weighted by Crippen LogP contribution is 2.22. The third-order valence-electron chi connectivity index (χ3n) is 2.60. The number of alkyl halides is 3. The Kier molecular flexibility index (Phi) is 8.60. The van der Waals surface area contributed by atoms with Crippen molar-refractivity contribution in [2.24, 2.45) is 0 Å². The summed E-state index contributed by atoms with van der Waals surface area (Å²) >= 11 is 0. The van der Waals surface area contributed by atoms with Crippen molar-refractivity contribution in [1.82, 2.24) is 5.32 Å². The highest BCUT2D eigenvalue weighted by Gasteiger charge is 2.36. The van der Waals surface area contributed by atoms with Crippen molar-refractivity contribution in [1.29, 1.82) is 0 Å². The first-order chi connectivity index (χ1) is 7.88. The Hall–Kier alpha value is -0.290. The smallest absolute Gasteiger partial charge is 0.369 e. The molecule has 0 spiro atoms. The molecule has 0 aromatic carbocycles. The van der Waals surface area contributed by atoms with Crippen LogP contribution in [0.15, 0.2) is 0 Å². The average Bonchev–Trinajstić information content (AvgIpc) is 2.24. The molecule has 1 N–H and O–H groups in total. The summed E-state index contributed by atoms with van der Waals surface area (Å²) in [5.74, 6) is 0. The average molecular weight is 255 g/mol. The molecule has 0 fully saturated rings. The monoisotopic (exact) mass is 255 g/mol. The molecule has 0 rings (SSSR count). The van der Waals surface area contributed by atoms with E-state index in [-0.39, 0.29) is 6.61 Å². The molecule has 5 heteroatoms. The van der Waals surface area contributed by atoms with Crippen LogP contribution < -0.4 is 5.32 Å². The molecule has 2 nitrogen and oxygen atoms in total. The Morgan fingerprint density at radius 2 is 1.82 bits per heavy atom. The molecule has 0 aromatic heterocycles. The van der Waals surface area contributed by atoms with Gasteiger partial charge in [0, 0.05) is 12.6 Å². The van der Waals surface area contributed by atoms with Crippen molar-refractivity contribution in [2.45, 2.75) is 64.8 Å². The van der Waals surface area contributed by atoms with Crippen molar-refractivity contribution in [3.63, 3.8) is 0 Å². The second-order valence-electron chi connectivity index (χ2n) is 4.41. The van der Waals surface area contributed by atoms with Crippen LogP contribution in [0.5, 0.6) is 0 Å². The maximum atomic E-state index is 12.1. The standard InChI is InChI=1S/C12H24F3NO/c1-4-8-16-10(2)7-5-6-9-17-11(3)12(13,14)15/h10-11,16H,4-9H2,1-3H3. The fourth-order valence-corrected chi connectivity index (χ4v) is 1.40. The van der Waals surface area contributed by atoms with Gasteiger partial charge in [-0.1, -0.05) is 6.92 Å². The van der Waals surface area contributed by atoms with Gasteiger partial charge in [0.2, 0.25) is 0 Å². The van der Waals surface area contributed by atoms with Gasteiger partial charge < -0.3 is 10.1 Å². The molecular weight excluding hydrogens is 231 g/mol. The highest BCUT2D eigenvalue weighted by atomic mass is 19.4. The van der Waals surface area contributed by atoms with Crippen LogP contribution in [0.25, 0.3) is 0 Å². The van der Waals surface area contributed by atoms with E-state index in [0.717, 1.165) is 32.7 Å². The molecule has 104 valence electrons. The van der Waals surface area contributed by atoms with Crippen LogP contribution in [0.4, 0.5) is 13.2 Å². The second kappa shape index (κ2) is 8.75. The van der Waals surface area contributed by atoms with Crippen LogP contribution in [0.1, 0.15) is 46.5 Å². The molecular formula is C12H24F3NO. The lowest BCUT2D eigenvalue weighted by Gasteiger charge is -2.17. The van der Waals surface area contributed by atoms with Crippen LogP contribution >= 0.6 is 0 Å². The molecule has 0 aliphatic heterocycles. The molecule has 2 unspecified atom stereocenters. The largest absolute Gasteiger partial charge is 0.414 e. The van der Waals surface area contributed by atoms with E-state index >= 15 is 0 Å². The Morgan fingerprint density at radius 1 is 1.18 bits per heavy atom. The van der Waals surface area contributed by atoms with Gasteiger partial charge >= 0.3 is 6.18 Å². The number of unbranched alkanes of at least 4 members (excludes halogenated alkanes) is 1. The quantitative estimate of drug-likeness (QED) is 0.637. The predicted molar refractivity (Wildman–Crippen MR) is 63.1 cm³/mol.